The predicted octanol–water partition coefficient (Wildman–Crippen LogP) is 0.690. The molecule has 20 heavy (non-hydrogen) atoms. The standard InChI is InChI=1S/C13H22N2O5/c1-8(12(18)20-3)7-15(2)13(19)14-10(6-11(16)17)9-4-5-9/h8-10H,4-7H2,1-3H3,(H,14,19)(H,16,17). The molecule has 2 unspecified atom stereocenters. The zero-order valence-electron chi connectivity index (χ0n) is 12.1. The number of carboxylic acids is 1. The van der Waals surface area contributed by atoms with Gasteiger partial charge in [0.1, 0.15) is 0 Å². The average Bonchev–Trinajstić information content (AvgIpc) is 3.20. The van der Waals surface area contributed by atoms with Crippen LogP contribution in [-0.4, -0.2) is 54.7 Å². The highest BCUT2D eigenvalue weighted by molar-refractivity contribution is 5.77. The van der Waals surface area contributed by atoms with Crippen LogP contribution < -0.4 is 5.32 Å². The first-order chi connectivity index (χ1) is 9.35. The summed E-state index contributed by atoms with van der Waals surface area (Å²) in [5.74, 6) is -1.47. The molecule has 0 aliphatic heterocycles. The fraction of sp³-hybridized carbons (Fsp3) is 0.769. The topological polar surface area (TPSA) is 95.9 Å². The fourth-order valence-corrected chi connectivity index (χ4v) is 2.06. The third-order valence-electron chi connectivity index (χ3n) is 3.39. The minimum absolute atomic E-state index is 0.0726. The van der Waals surface area contributed by atoms with E-state index in [1.807, 2.05) is 0 Å². The number of carboxylic acid groups (broad SMARTS) is 1. The highest BCUT2D eigenvalue weighted by atomic mass is 16.5. The molecule has 0 saturated heterocycles. The molecule has 1 saturated carbocycles. The quantitative estimate of drug-likeness (QED) is 0.671. The molecule has 7 nitrogen and oxygen atoms in total. The normalized spacial score (nSPS) is 16.9. The van der Waals surface area contributed by atoms with Crippen molar-refractivity contribution in [2.24, 2.45) is 11.8 Å². The second kappa shape index (κ2) is 7.12. The van der Waals surface area contributed by atoms with E-state index in [0.29, 0.717) is 0 Å². The number of rotatable bonds is 7. The van der Waals surface area contributed by atoms with Crippen LogP contribution in [0.4, 0.5) is 4.79 Å². The first-order valence-electron chi connectivity index (χ1n) is 6.66. The Hall–Kier alpha value is -1.79. The van der Waals surface area contributed by atoms with Gasteiger partial charge in [0.25, 0.3) is 0 Å². The molecule has 1 aliphatic rings. The molecule has 0 heterocycles. The summed E-state index contributed by atoms with van der Waals surface area (Å²) < 4.78 is 4.60. The van der Waals surface area contributed by atoms with E-state index in [2.05, 4.69) is 10.1 Å². The van der Waals surface area contributed by atoms with Crippen molar-refractivity contribution >= 4 is 18.0 Å². The first-order valence-corrected chi connectivity index (χ1v) is 6.66. The number of aliphatic carboxylic acids is 1. The molecule has 1 rings (SSSR count). The van der Waals surface area contributed by atoms with Crippen molar-refractivity contribution in [1.29, 1.82) is 0 Å². The number of amides is 2. The number of nitrogens with zero attached hydrogens (tertiary/aromatic N) is 1. The summed E-state index contributed by atoms with van der Waals surface area (Å²) in [6.07, 6.45) is 1.82. The summed E-state index contributed by atoms with van der Waals surface area (Å²) in [6.45, 7) is 1.90. The van der Waals surface area contributed by atoms with Crippen molar-refractivity contribution in [3.05, 3.63) is 0 Å². The Morgan fingerprint density at radius 1 is 1.40 bits per heavy atom. The molecule has 0 radical (unpaired) electrons. The molecule has 2 N–H and O–H groups in total. The summed E-state index contributed by atoms with van der Waals surface area (Å²) >= 11 is 0. The van der Waals surface area contributed by atoms with Crippen molar-refractivity contribution in [1.82, 2.24) is 10.2 Å². The number of nitrogens with one attached hydrogen (secondary N) is 1. The summed E-state index contributed by atoms with van der Waals surface area (Å²) in [6, 6.07) is -0.699. The Morgan fingerprint density at radius 3 is 2.45 bits per heavy atom. The molecule has 114 valence electrons. The summed E-state index contributed by atoms with van der Waals surface area (Å²) in [7, 11) is 2.87. The lowest BCUT2D eigenvalue weighted by Crippen LogP contribution is -2.46. The number of urea groups is 1. The van der Waals surface area contributed by atoms with Gasteiger partial charge in [-0.05, 0) is 18.8 Å². The average molecular weight is 286 g/mol. The predicted molar refractivity (Wildman–Crippen MR) is 71.1 cm³/mol. The number of hydrogen-bond acceptors (Lipinski definition) is 4. The number of carbonyl (C=O) groups is 3. The van der Waals surface area contributed by atoms with Crippen molar-refractivity contribution in [2.45, 2.75) is 32.2 Å². The first kappa shape index (κ1) is 16.3. The van der Waals surface area contributed by atoms with Crippen LogP contribution in [0.2, 0.25) is 0 Å². The van der Waals surface area contributed by atoms with E-state index >= 15 is 0 Å². The molecular weight excluding hydrogens is 264 g/mol. The minimum Gasteiger partial charge on any atom is -0.481 e. The van der Waals surface area contributed by atoms with Gasteiger partial charge in [0, 0.05) is 19.6 Å². The summed E-state index contributed by atoms with van der Waals surface area (Å²) in [5.41, 5.74) is 0. The molecule has 0 aromatic carbocycles. The lowest BCUT2D eigenvalue weighted by Gasteiger charge is -2.24. The molecule has 0 aromatic rings. The second-order valence-corrected chi connectivity index (χ2v) is 5.30. The Kier molecular flexibility index (Phi) is 5.79. The van der Waals surface area contributed by atoms with E-state index in [0.717, 1.165) is 12.8 Å². The number of carbonyl (C=O) groups excluding carboxylic acids is 2. The van der Waals surface area contributed by atoms with Crippen molar-refractivity contribution < 1.29 is 24.2 Å². The van der Waals surface area contributed by atoms with Gasteiger partial charge >= 0.3 is 18.0 Å². The Labute approximate surface area is 118 Å². The lowest BCUT2D eigenvalue weighted by molar-refractivity contribution is -0.145. The van der Waals surface area contributed by atoms with Crippen molar-refractivity contribution in [3.8, 4) is 0 Å². The zero-order chi connectivity index (χ0) is 15.3. The van der Waals surface area contributed by atoms with E-state index in [-0.39, 0.29) is 36.9 Å². The van der Waals surface area contributed by atoms with Gasteiger partial charge in [0.05, 0.1) is 19.4 Å². The van der Waals surface area contributed by atoms with Gasteiger partial charge in [-0.1, -0.05) is 6.92 Å². The monoisotopic (exact) mass is 286 g/mol. The Morgan fingerprint density at radius 2 is 2.00 bits per heavy atom. The maximum absolute atomic E-state index is 12.0. The lowest BCUT2D eigenvalue weighted by atomic mass is 10.1. The SMILES string of the molecule is COC(=O)C(C)CN(C)C(=O)NC(CC(=O)O)C1CC1. The van der Waals surface area contributed by atoms with Crippen LogP contribution in [0, 0.1) is 11.8 Å². The summed E-state index contributed by atoms with van der Waals surface area (Å²) in [5, 5.41) is 11.6. The molecule has 2 atom stereocenters. The van der Waals surface area contributed by atoms with Crippen LogP contribution in [0.1, 0.15) is 26.2 Å². The van der Waals surface area contributed by atoms with Crippen molar-refractivity contribution in [2.75, 3.05) is 20.7 Å². The number of ether oxygens (including phenoxy) is 1. The number of methoxy groups -OCH3 is 1. The van der Waals surface area contributed by atoms with E-state index in [1.165, 1.54) is 12.0 Å². The van der Waals surface area contributed by atoms with Crippen LogP contribution in [-0.2, 0) is 14.3 Å². The molecule has 0 bridgehead atoms. The van der Waals surface area contributed by atoms with Gasteiger partial charge in [-0.3, -0.25) is 9.59 Å². The van der Waals surface area contributed by atoms with Gasteiger partial charge < -0.3 is 20.1 Å². The molecular formula is C13H22N2O5. The Balaban J connectivity index is 2.46. The van der Waals surface area contributed by atoms with Crippen LogP contribution in [0.3, 0.4) is 0 Å². The van der Waals surface area contributed by atoms with Crippen LogP contribution in [0.25, 0.3) is 0 Å². The maximum Gasteiger partial charge on any atom is 0.317 e. The third kappa shape index (κ3) is 5.07. The fourth-order valence-electron chi connectivity index (χ4n) is 2.06. The van der Waals surface area contributed by atoms with Gasteiger partial charge in [-0.25, -0.2) is 4.79 Å². The molecule has 1 fully saturated rings. The third-order valence-corrected chi connectivity index (χ3v) is 3.39. The zero-order valence-corrected chi connectivity index (χ0v) is 12.1. The van der Waals surface area contributed by atoms with Gasteiger partial charge in [0.2, 0.25) is 0 Å². The number of hydrogen-bond donors (Lipinski definition) is 2. The van der Waals surface area contributed by atoms with E-state index < -0.39 is 11.9 Å². The molecule has 0 spiro atoms. The largest absolute Gasteiger partial charge is 0.481 e. The van der Waals surface area contributed by atoms with E-state index in [4.69, 9.17) is 5.11 Å². The minimum atomic E-state index is -0.923. The van der Waals surface area contributed by atoms with Crippen molar-refractivity contribution in [3.63, 3.8) is 0 Å². The number of esters is 1. The van der Waals surface area contributed by atoms with E-state index in [9.17, 15) is 14.4 Å². The molecule has 7 heteroatoms. The Bertz CT molecular complexity index is 381. The smallest absolute Gasteiger partial charge is 0.317 e. The molecule has 0 aromatic heterocycles. The highest BCUT2D eigenvalue weighted by Crippen LogP contribution is 2.34. The van der Waals surface area contributed by atoms with Crippen LogP contribution in [0.15, 0.2) is 0 Å². The van der Waals surface area contributed by atoms with Crippen LogP contribution in [0.5, 0.6) is 0 Å². The maximum atomic E-state index is 12.0. The second-order valence-electron chi connectivity index (χ2n) is 5.30. The molecule has 1 aliphatic carbocycles. The van der Waals surface area contributed by atoms with Gasteiger partial charge in [0.15, 0.2) is 0 Å². The van der Waals surface area contributed by atoms with E-state index in [1.54, 1.807) is 14.0 Å². The highest BCUT2D eigenvalue weighted by Gasteiger charge is 2.34. The summed E-state index contributed by atoms with van der Waals surface area (Å²) in [4.78, 5) is 35.4. The van der Waals surface area contributed by atoms with Gasteiger partial charge in [-0.2, -0.15) is 0 Å². The van der Waals surface area contributed by atoms with Gasteiger partial charge in [-0.15, -0.1) is 0 Å². The molecule has 2 amide bonds. The van der Waals surface area contributed by atoms with Crippen LogP contribution >= 0.6 is 0 Å².